The molecule has 0 fully saturated rings. The zero-order valence-electron chi connectivity index (χ0n) is 8.85. The van der Waals surface area contributed by atoms with Crippen molar-refractivity contribution in [1.29, 1.82) is 0 Å². The third-order valence-corrected chi connectivity index (χ3v) is 2.25. The van der Waals surface area contributed by atoms with Gasteiger partial charge in [0, 0.05) is 18.3 Å². The number of aromatic nitrogens is 2. The molecule has 0 spiro atoms. The van der Waals surface area contributed by atoms with Gasteiger partial charge in [-0.25, -0.2) is 0 Å². The van der Waals surface area contributed by atoms with E-state index in [1.807, 2.05) is 0 Å². The van der Waals surface area contributed by atoms with Crippen molar-refractivity contribution in [3.05, 3.63) is 21.6 Å². The van der Waals surface area contributed by atoms with Crippen LogP contribution in [-0.2, 0) is 13.5 Å². The van der Waals surface area contributed by atoms with Crippen LogP contribution in [0.1, 0.15) is 44.4 Å². The predicted octanol–water partition coefficient (Wildman–Crippen LogP) is 1.79. The monoisotopic (exact) mass is 182 g/mol. The fraction of sp³-hybridized carbons (Fsp3) is 0.700. The SMILES string of the molecule is CCCc1c(C(C)C)[nH]n(C)c1=O. The lowest BCUT2D eigenvalue weighted by Crippen LogP contribution is -2.15. The van der Waals surface area contributed by atoms with Gasteiger partial charge in [-0.1, -0.05) is 27.2 Å². The summed E-state index contributed by atoms with van der Waals surface area (Å²) in [5.74, 6) is 0.399. The Hall–Kier alpha value is -0.990. The summed E-state index contributed by atoms with van der Waals surface area (Å²) in [6.07, 6.45) is 1.90. The molecule has 0 radical (unpaired) electrons. The number of hydrogen-bond acceptors (Lipinski definition) is 1. The maximum absolute atomic E-state index is 11.6. The lowest BCUT2D eigenvalue weighted by atomic mass is 10.0. The van der Waals surface area contributed by atoms with Crippen molar-refractivity contribution in [2.75, 3.05) is 0 Å². The summed E-state index contributed by atoms with van der Waals surface area (Å²) in [5, 5.41) is 3.10. The summed E-state index contributed by atoms with van der Waals surface area (Å²) < 4.78 is 1.57. The van der Waals surface area contributed by atoms with E-state index in [4.69, 9.17) is 0 Å². The smallest absolute Gasteiger partial charge is 0.269 e. The quantitative estimate of drug-likeness (QED) is 0.760. The van der Waals surface area contributed by atoms with E-state index in [9.17, 15) is 4.79 Å². The molecule has 1 aromatic heterocycles. The first kappa shape index (κ1) is 10.1. The van der Waals surface area contributed by atoms with Crippen LogP contribution in [-0.4, -0.2) is 9.78 Å². The standard InChI is InChI=1S/C10H18N2O/c1-5-6-8-9(7(2)3)11-12(4)10(8)13/h7,11H,5-6H2,1-4H3. The largest absolute Gasteiger partial charge is 0.299 e. The van der Waals surface area contributed by atoms with Crippen molar-refractivity contribution in [1.82, 2.24) is 9.78 Å². The van der Waals surface area contributed by atoms with Gasteiger partial charge in [0.05, 0.1) is 0 Å². The highest BCUT2D eigenvalue weighted by molar-refractivity contribution is 5.20. The number of nitrogens with one attached hydrogen (secondary N) is 1. The second kappa shape index (κ2) is 3.81. The van der Waals surface area contributed by atoms with Gasteiger partial charge in [0.25, 0.3) is 5.56 Å². The van der Waals surface area contributed by atoms with Crippen LogP contribution in [0.5, 0.6) is 0 Å². The molecule has 0 aliphatic rings. The Kier molecular flexibility index (Phi) is 2.96. The molecule has 0 unspecified atom stereocenters. The first-order valence-corrected chi connectivity index (χ1v) is 4.85. The Balaban J connectivity index is 3.19. The van der Waals surface area contributed by atoms with Gasteiger partial charge in [0.15, 0.2) is 0 Å². The summed E-state index contributed by atoms with van der Waals surface area (Å²) in [6, 6.07) is 0. The summed E-state index contributed by atoms with van der Waals surface area (Å²) in [4.78, 5) is 11.6. The summed E-state index contributed by atoms with van der Waals surface area (Å²) in [5.41, 5.74) is 2.18. The third-order valence-electron chi connectivity index (χ3n) is 2.25. The van der Waals surface area contributed by atoms with E-state index in [-0.39, 0.29) is 5.56 Å². The van der Waals surface area contributed by atoms with Gasteiger partial charge < -0.3 is 0 Å². The van der Waals surface area contributed by atoms with E-state index in [1.165, 1.54) is 0 Å². The average Bonchev–Trinajstić information content (AvgIpc) is 2.33. The van der Waals surface area contributed by atoms with Crippen molar-refractivity contribution in [3.8, 4) is 0 Å². The second-order valence-corrected chi connectivity index (χ2v) is 3.77. The Bertz CT molecular complexity index is 333. The van der Waals surface area contributed by atoms with Crippen LogP contribution >= 0.6 is 0 Å². The molecule has 0 amide bonds. The van der Waals surface area contributed by atoms with Crippen molar-refractivity contribution < 1.29 is 0 Å². The molecule has 0 saturated carbocycles. The number of aryl methyl sites for hydroxylation is 1. The van der Waals surface area contributed by atoms with E-state index < -0.39 is 0 Å². The van der Waals surface area contributed by atoms with Crippen molar-refractivity contribution in [2.24, 2.45) is 7.05 Å². The first-order valence-electron chi connectivity index (χ1n) is 4.85. The predicted molar refractivity (Wildman–Crippen MR) is 54.1 cm³/mol. The molecule has 0 bridgehead atoms. The maximum Gasteiger partial charge on any atom is 0.269 e. The van der Waals surface area contributed by atoms with Gasteiger partial charge in [-0.3, -0.25) is 14.6 Å². The molecule has 0 aliphatic heterocycles. The Morgan fingerprint density at radius 3 is 2.54 bits per heavy atom. The highest BCUT2D eigenvalue weighted by Gasteiger charge is 2.13. The fourth-order valence-corrected chi connectivity index (χ4v) is 1.59. The molecule has 0 saturated heterocycles. The summed E-state index contributed by atoms with van der Waals surface area (Å²) in [6.45, 7) is 6.30. The van der Waals surface area contributed by atoms with Crippen LogP contribution in [0.4, 0.5) is 0 Å². The normalized spacial score (nSPS) is 11.2. The van der Waals surface area contributed by atoms with Gasteiger partial charge in [-0.15, -0.1) is 0 Å². The highest BCUT2D eigenvalue weighted by Crippen LogP contribution is 2.15. The molecule has 74 valence electrons. The number of hydrogen-bond donors (Lipinski definition) is 1. The van der Waals surface area contributed by atoms with Crippen LogP contribution in [0.3, 0.4) is 0 Å². The lowest BCUT2D eigenvalue weighted by molar-refractivity contribution is 0.697. The van der Waals surface area contributed by atoms with Crippen molar-refractivity contribution >= 4 is 0 Å². The van der Waals surface area contributed by atoms with Crippen LogP contribution in [0, 0.1) is 0 Å². The van der Waals surface area contributed by atoms with Crippen molar-refractivity contribution in [2.45, 2.75) is 39.5 Å². The van der Waals surface area contributed by atoms with Crippen LogP contribution in [0.2, 0.25) is 0 Å². The molecule has 1 heterocycles. The Morgan fingerprint density at radius 2 is 2.08 bits per heavy atom. The van der Waals surface area contributed by atoms with Crippen LogP contribution < -0.4 is 5.56 Å². The molecular weight excluding hydrogens is 164 g/mol. The van der Waals surface area contributed by atoms with Crippen LogP contribution in [0.25, 0.3) is 0 Å². The lowest BCUT2D eigenvalue weighted by Gasteiger charge is -2.03. The number of nitrogens with zero attached hydrogens (tertiary/aromatic N) is 1. The molecule has 0 aromatic carbocycles. The van der Waals surface area contributed by atoms with Gasteiger partial charge >= 0.3 is 0 Å². The molecule has 1 aromatic rings. The zero-order valence-corrected chi connectivity index (χ0v) is 8.85. The second-order valence-electron chi connectivity index (χ2n) is 3.77. The van der Waals surface area contributed by atoms with Crippen LogP contribution in [0.15, 0.2) is 4.79 Å². The van der Waals surface area contributed by atoms with Gasteiger partial charge in [0.2, 0.25) is 0 Å². The van der Waals surface area contributed by atoms with Gasteiger partial charge in [0.1, 0.15) is 0 Å². The maximum atomic E-state index is 11.6. The molecule has 3 nitrogen and oxygen atoms in total. The van der Waals surface area contributed by atoms with E-state index >= 15 is 0 Å². The third kappa shape index (κ3) is 1.85. The molecular formula is C10H18N2O. The molecule has 1 N–H and O–H groups in total. The van der Waals surface area contributed by atoms with E-state index in [2.05, 4.69) is 25.9 Å². The Labute approximate surface area is 78.8 Å². The van der Waals surface area contributed by atoms with Crippen molar-refractivity contribution in [3.63, 3.8) is 0 Å². The number of H-pyrrole nitrogens is 1. The molecule has 1 rings (SSSR count). The van der Waals surface area contributed by atoms with E-state index in [0.29, 0.717) is 5.92 Å². The topological polar surface area (TPSA) is 37.8 Å². The number of aromatic amines is 1. The molecule has 3 heteroatoms. The average molecular weight is 182 g/mol. The number of rotatable bonds is 3. The highest BCUT2D eigenvalue weighted by atomic mass is 16.1. The first-order chi connectivity index (χ1) is 6.07. The zero-order chi connectivity index (χ0) is 10.0. The Morgan fingerprint density at radius 1 is 1.46 bits per heavy atom. The summed E-state index contributed by atoms with van der Waals surface area (Å²) >= 11 is 0. The van der Waals surface area contributed by atoms with Gasteiger partial charge in [-0.2, -0.15) is 0 Å². The van der Waals surface area contributed by atoms with Gasteiger partial charge in [-0.05, 0) is 12.3 Å². The molecule has 0 aliphatic carbocycles. The fourth-order valence-electron chi connectivity index (χ4n) is 1.59. The van der Waals surface area contributed by atoms with E-state index in [1.54, 1.807) is 11.7 Å². The minimum atomic E-state index is 0.130. The van der Waals surface area contributed by atoms with E-state index in [0.717, 1.165) is 24.1 Å². The minimum Gasteiger partial charge on any atom is -0.299 e. The molecule has 13 heavy (non-hydrogen) atoms. The minimum absolute atomic E-state index is 0.130. The summed E-state index contributed by atoms with van der Waals surface area (Å²) in [7, 11) is 1.77. The molecule has 0 atom stereocenters.